The van der Waals surface area contributed by atoms with Gasteiger partial charge in [-0.1, -0.05) is 122 Å². The number of nitrogens with zero attached hydrogens (tertiary/aromatic N) is 3. The predicted molar refractivity (Wildman–Crippen MR) is 217 cm³/mol. The van der Waals surface area contributed by atoms with Gasteiger partial charge in [-0.15, -0.1) is 0 Å². The molecule has 0 spiro atoms. The molecule has 9 rings (SSSR count). The normalized spacial score (nSPS) is 13.2. The average molecular weight is 661 g/mol. The van der Waals surface area contributed by atoms with Crippen molar-refractivity contribution < 1.29 is 5.11 Å². The lowest BCUT2D eigenvalue weighted by Gasteiger charge is -2.39. The first-order valence-electron chi connectivity index (χ1n) is 17.3. The van der Waals surface area contributed by atoms with Gasteiger partial charge in [0.2, 0.25) is 0 Å². The van der Waals surface area contributed by atoms with Crippen LogP contribution in [0, 0.1) is 0 Å². The second kappa shape index (κ2) is 12.1. The lowest BCUT2D eigenvalue weighted by atomic mass is 9.43. The number of pyridine rings is 1. The van der Waals surface area contributed by atoms with Gasteiger partial charge in [0.05, 0.1) is 46.0 Å². The lowest BCUT2D eigenvalue weighted by molar-refractivity contribution is 0.162. The van der Waals surface area contributed by atoms with Gasteiger partial charge in [-0.3, -0.25) is 9.55 Å². The number of rotatable bonds is 6. The largest absolute Gasteiger partial charge is 0.409 e. The zero-order valence-corrected chi connectivity index (χ0v) is 28.5. The third-order valence-corrected chi connectivity index (χ3v) is 10.3. The Morgan fingerprint density at radius 2 is 1.13 bits per heavy atom. The van der Waals surface area contributed by atoms with Gasteiger partial charge in [-0.2, -0.15) is 0 Å². The number of para-hydroxylation sites is 2. The van der Waals surface area contributed by atoms with E-state index in [2.05, 4.69) is 108 Å². The monoisotopic (exact) mass is 661 g/mol. The minimum atomic E-state index is -2.24. The average Bonchev–Trinajstić information content (AvgIpc) is 3.57. The zero-order valence-electron chi connectivity index (χ0n) is 28.5. The number of hydrogen-bond acceptors (Lipinski definition) is 3. The van der Waals surface area contributed by atoms with Crippen molar-refractivity contribution in [1.29, 1.82) is 0 Å². The second-order valence-electron chi connectivity index (χ2n) is 13.6. The summed E-state index contributed by atoms with van der Waals surface area (Å²) in [6, 6.07) is 52.4. The van der Waals surface area contributed by atoms with Gasteiger partial charge in [-0.25, -0.2) is 4.98 Å². The van der Waals surface area contributed by atoms with Crippen LogP contribution in [0.1, 0.15) is 12.7 Å². The molecule has 0 aliphatic rings. The molecule has 0 amide bonds. The Hall–Kier alpha value is -5.91. The van der Waals surface area contributed by atoms with Gasteiger partial charge >= 0.3 is 0 Å². The third-order valence-electron chi connectivity index (χ3n) is 10.3. The number of imidazole rings is 1. The van der Waals surface area contributed by atoms with E-state index < -0.39 is 10.7 Å². The highest BCUT2D eigenvalue weighted by atomic mass is 16.3. The summed E-state index contributed by atoms with van der Waals surface area (Å²) in [5, 5.41) is 13.7. The molecular weight excluding hydrogens is 631 g/mol. The summed E-state index contributed by atoms with van der Waals surface area (Å²) in [6.07, 6.45) is 1.83. The molecule has 0 fully saturated rings. The third kappa shape index (κ3) is 4.99. The van der Waals surface area contributed by atoms with Crippen molar-refractivity contribution in [2.24, 2.45) is 0 Å². The molecule has 7 heteroatoms. The van der Waals surface area contributed by atoms with Crippen LogP contribution in [0.15, 0.2) is 158 Å². The minimum Gasteiger partial charge on any atom is -0.409 e. The van der Waals surface area contributed by atoms with Crippen LogP contribution in [0.25, 0.3) is 82.5 Å². The molecule has 9 aromatic rings. The summed E-state index contributed by atoms with van der Waals surface area (Å²) in [5.74, 6) is 0.354. The smallest absolute Gasteiger partial charge is 0.112 e. The molecule has 1 unspecified atom stereocenters. The fourth-order valence-corrected chi connectivity index (χ4v) is 7.59. The second-order valence-corrected chi connectivity index (χ2v) is 13.6. The Labute approximate surface area is 306 Å². The van der Waals surface area contributed by atoms with E-state index in [-0.39, 0.29) is 0 Å². The Morgan fingerprint density at radius 1 is 0.558 bits per heavy atom. The molecule has 0 aliphatic carbocycles. The minimum absolute atomic E-state index is 0.354. The molecule has 2 heterocycles. The van der Waals surface area contributed by atoms with Crippen LogP contribution in [0.4, 0.5) is 0 Å². The van der Waals surface area contributed by atoms with Crippen LogP contribution < -0.4 is 0 Å². The fourth-order valence-electron chi connectivity index (χ4n) is 7.59. The van der Waals surface area contributed by atoms with E-state index >= 15 is 0 Å². The number of fused-ring (bicyclic) bond motifs is 4. The van der Waals surface area contributed by atoms with Crippen LogP contribution in [-0.2, 0) is 5.31 Å². The van der Waals surface area contributed by atoms with E-state index in [1.165, 1.54) is 5.56 Å². The first kappa shape index (κ1) is 32.0. The lowest BCUT2D eigenvalue weighted by Crippen LogP contribution is -2.52. The van der Waals surface area contributed by atoms with Crippen molar-refractivity contribution in [2.75, 3.05) is 0 Å². The zero-order chi connectivity index (χ0) is 35.6. The van der Waals surface area contributed by atoms with Crippen molar-refractivity contribution in [3.05, 3.63) is 164 Å². The molecule has 240 valence electrons. The fraction of sp³-hybridized carbons (Fsp3) is 0.0667. The van der Waals surface area contributed by atoms with Crippen LogP contribution >= 0.6 is 0 Å². The number of benzene rings is 7. The molecular formula is C45H30B3N3O. The maximum Gasteiger partial charge on any atom is 0.112 e. The van der Waals surface area contributed by atoms with E-state index in [4.69, 9.17) is 28.5 Å². The van der Waals surface area contributed by atoms with Crippen molar-refractivity contribution in [3.8, 4) is 39.2 Å². The topological polar surface area (TPSA) is 50.9 Å². The molecule has 1 N–H and O–H groups in total. The molecule has 0 aliphatic heterocycles. The Balaban J connectivity index is 1.33. The van der Waals surface area contributed by atoms with Crippen molar-refractivity contribution >= 4 is 66.9 Å². The van der Waals surface area contributed by atoms with Crippen LogP contribution in [0.3, 0.4) is 0 Å². The first-order chi connectivity index (χ1) is 25.2. The molecule has 7 aromatic carbocycles. The molecule has 4 nitrogen and oxygen atoms in total. The Kier molecular flexibility index (Phi) is 7.46. The SMILES string of the molecule is [B]C([B])(O)C([B])(C)c1nc2ccccc2n1-c1ccc(-c2c3ccccc3c(-c3cccc(-c4ccccn4)c3)c3ccccc23)c2ccccc12. The summed E-state index contributed by atoms with van der Waals surface area (Å²) in [7, 11) is 18.9. The van der Waals surface area contributed by atoms with Crippen molar-refractivity contribution in [2.45, 2.75) is 17.6 Å². The maximum atomic E-state index is 10.9. The molecule has 0 saturated heterocycles. The molecule has 1 atom stereocenters. The highest BCUT2D eigenvalue weighted by Crippen LogP contribution is 2.47. The van der Waals surface area contributed by atoms with Gasteiger partial charge in [-0.05, 0) is 96.3 Å². The molecule has 0 bridgehead atoms. The van der Waals surface area contributed by atoms with Gasteiger partial charge < -0.3 is 5.11 Å². The number of aliphatic hydroxyl groups is 1. The predicted octanol–water partition coefficient (Wildman–Crippen LogP) is 9.25. The van der Waals surface area contributed by atoms with E-state index in [1.54, 1.807) is 6.92 Å². The van der Waals surface area contributed by atoms with Crippen LogP contribution in [-0.4, -0.2) is 48.6 Å². The first-order valence-corrected chi connectivity index (χ1v) is 17.3. The highest BCUT2D eigenvalue weighted by molar-refractivity contribution is 6.44. The van der Waals surface area contributed by atoms with Gasteiger partial charge in [0.25, 0.3) is 0 Å². The summed E-state index contributed by atoms with van der Waals surface area (Å²) in [6.45, 7) is 1.60. The van der Waals surface area contributed by atoms with Crippen molar-refractivity contribution in [1.82, 2.24) is 14.5 Å². The molecule has 2 aromatic heterocycles. The Bertz CT molecular complexity index is 2760. The highest BCUT2D eigenvalue weighted by Gasteiger charge is 2.39. The van der Waals surface area contributed by atoms with Crippen LogP contribution in [0.5, 0.6) is 0 Å². The van der Waals surface area contributed by atoms with E-state index in [0.29, 0.717) is 11.3 Å². The van der Waals surface area contributed by atoms with Gasteiger partial charge in [0, 0.05) is 17.1 Å². The number of hydrogen-bond donors (Lipinski definition) is 1. The van der Waals surface area contributed by atoms with Gasteiger partial charge in [0.1, 0.15) is 5.82 Å². The quantitative estimate of drug-likeness (QED) is 0.143. The van der Waals surface area contributed by atoms with E-state index in [0.717, 1.165) is 71.5 Å². The van der Waals surface area contributed by atoms with Crippen molar-refractivity contribution in [3.63, 3.8) is 0 Å². The molecule has 0 saturated carbocycles. The summed E-state index contributed by atoms with van der Waals surface area (Å²) < 4.78 is 1.97. The van der Waals surface area contributed by atoms with Crippen LogP contribution in [0.2, 0.25) is 0 Å². The van der Waals surface area contributed by atoms with Gasteiger partial charge in [0.15, 0.2) is 0 Å². The molecule has 6 radical (unpaired) electrons. The standard InChI is InChI=1S/C45H30B3N3O/c1-44(46,45(47,48)52)43-50-38-22-8-9-23-40(38)51(43)39-25-24-36(30-15-2-3-16-31(30)39)42-34-19-6-4-17-32(34)41(33-18-5-7-20-35(33)42)29-14-12-13-28(27-29)37-21-10-11-26-49-37/h2-27,52H,1H3. The van der Waals surface area contributed by atoms with E-state index in [1.807, 2.05) is 59.3 Å². The molecule has 52 heavy (non-hydrogen) atoms. The summed E-state index contributed by atoms with van der Waals surface area (Å²) >= 11 is 0. The maximum absolute atomic E-state index is 10.9. The number of aromatic nitrogens is 3. The Morgan fingerprint density at radius 3 is 1.79 bits per heavy atom. The van der Waals surface area contributed by atoms with E-state index in [9.17, 15) is 5.11 Å². The summed E-state index contributed by atoms with van der Waals surface area (Å²) in [5.41, 5.74) is 8.95. The summed E-state index contributed by atoms with van der Waals surface area (Å²) in [4.78, 5) is 9.50.